The van der Waals surface area contributed by atoms with E-state index >= 15 is 0 Å². The van der Waals surface area contributed by atoms with Crippen LogP contribution in [-0.4, -0.2) is 62.5 Å². The van der Waals surface area contributed by atoms with Gasteiger partial charge in [0.25, 0.3) is 0 Å². The number of guanidine groups is 1. The Morgan fingerprint density at radius 3 is 2.95 bits per heavy atom. The summed E-state index contributed by atoms with van der Waals surface area (Å²) in [7, 11) is 3.53. The molecule has 0 amide bonds. The number of nitrogens with one attached hydrogen (secondary N) is 2. The quantitative estimate of drug-likeness (QED) is 0.586. The van der Waals surface area contributed by atoms with Crippen molar-refractivity contribution in [1.29, 1.82) is 0 Å². The van der Waals surface area contributed by atoms with Gasteiger partial charge in [0.05, 0.1) is 13.2 Å². The van der Waals surface area contributed by atoms with Gasteiger partial charge < -0.3 is 24.8 Å². The Kier molecular flexibility index (Phi) is 6.49. The first-order valence-electron chi connectivity index (χ1n) is 7.39. The van der Waals surface area contributed by atoms with E-state index < -0.39 is 0 Å². The van der Waals surface area contributed by atoms with E-state index in [-0.39, 0.29) is 0 Å². The molecule has 0 spiro atoms. The van der Waals surface area contributed by atoms with Crippen LogP contribution in [0.3, 0.4) is 0 Å². The van der Waals surface area contributed by atoms with Gasteiger partial charge in [-0.05, 0) is 12.8 Å². The maximum absolute atomic E-state index is 5.12. The molecule has 1 fully saturated rings. The fourth-order valence-corrected chi connectivity index (χ4v) is 2.41. The van der Waals surface area contributed by atoms with Crippen molar-refractivity contribution < 1.29 is 9.26 Å². The van der Waals surface area contributed by atoms with Crippen molar-refractivity contribution in [3.63, 3.8) is 0 Å². The molecule has 118 valence electrons. The van der Waals surface area contributed by atoms with Crippen molar-refractivity contribution in [1.82, 2.24) is 20.7 Å². The molecule has 0 unspecified atom stereocenters. The van der Waals surface area contributed by atoms with Crippen molar-refractivity contribution in [3.8, 4) is 0 Å². The van der Waals surface area contributed by atoms with E-state index in [0.717, 1.165) is 50.7 Å². The Morgan fingerprint density at radius 1 is 1.52 bits per heavy atom. The summed E-state index contributed by atoms with van der Waals surface area (Å²) < 4.78 is 9.93. The van der Waals surface area contributed by atoms with Crippen LogP contribution in [-0.2, 0) is 11.3 Å². The maximum Gasteiger partial charge on any atom is 0.191 e. The molecule has 0 saturated carbocycles. The third kappa shape index (κ3) is 5.35. The van der Waals surface area contributed by atoms with Crippen LogP contribution < -0.4 is 10.6 Å². The molecule has 1 aliphatic heterocycles. The average molecular weight is 295 g/mol. The monoisotopic (exact) mass is 295 g/mol. The fourth-order valence-electron chi connectivity index (χ4n) is 2.41. The molecule has 2 N–H and O–H groups in total. The van der Waals surface area contributed by atoms with Gasteiger partial charge in [0.2, 0.25) is 0 Å². The van der Waals surface area contributed by atoms with Gasteiger partial charge in [0.1, 0.15) is 12.0 Å². The molecule has 1 aliphatic rings. The van der Waals surface area contributed by atoms with Crippen LogP contribution in [0, 0.1) is 0 Å². The molecule has 0 aromatic carbocycles. The number of hydrogen-bond acceptors (Lipinski definition) is 5. The van der Waals surface area contributed by atoms with E-state index in [4.69, 9.17) is 9.26 Å². The van der Waals surface area contributed by atoms with Gasteiger partial charge in [0.15, 0.2) is 5.96 Å². The summed E-state index contributed by atoms with van der Waals surface area (Å²) in [6.45, 7) is 4.63. The van der Waals surface area contributed by atoms with Crippen molar-refractivity contribution >= 4 is 5.96 Å². The molecule has 1 aromatic rings. The number of rotatable bonds is 6. The summed E-state index contributed by atoms with van der Waals surface area (Å²) in [5, 5.41) is 10.6. The standard InChI is InChI=1S/C14H25N5O2/c1-15-14(16-11-13-5-9-21-18-13)17-12-3-6-19(7-4-12)8-10-20-2/h5,9,12H,3-4,6-8,10-11H2,1-2H3,(H2,15,16,17). The van der Waals surface area contributed by atoms with Crippen LogP contribution in [0.1, 0.15) is 18.5 Å². The minimum Gasteiger partial charge on any atom is -0.383 e. The highest BCUT2D eigenvalue weighted by atomic mass is 16.5. The van der Waals surface area contributed by atoms with Crippen LogP contribution in [0.25, 0.3) is 0 Å². The van der Waals surface area contributed by atoms with Gasteiger partial charge in [-0.15, -0.1) is 0 Å². The fraction of sp³-hybridized carbons (Fsp3) is 0.714. The van der Waals surface area contributed by atoms with Crippen molar-refractivity contribution in [2.75, 3.05) is 40.4 Å². The maximum atomic E-state index is 5.12. The number of hydrogen-bond donors (Lipinski definition) is 2. The number of piperidine rings is 1. The topological polar surface area (TPSA) is 74.9 Å². The predicted molar refractivity (Wildman–Crippen MR) is 81.2 cm³/mol. The van der Waals surface area contributed by atoms with E-state index in [1.54, 1.807) is 20.4 Å². The van der Waals surface area contributed by atoms with Gasteiger partial charge in [-0.3, -0.25) is 4.99 Å². The Hall–Kier alpha value is -1.60. The first kappa shape index (κ1) is 15.8. The molecular formula is C14H25N5O2. The molecule has 1 aromatic heterocycles. The molecular weight excluding hydrogens is 270 g/mol. The zero-order valence-corrected chi connectivity index (χ0v) is 12.8. The normalized spacial score (nSPS) is 17.9. The van der Waals surface area contributed by atoms with E-state index in [1.807, 2.05) is 6.07 Å². The summed E-state index contributed by atoms with van der Waals surface area (Å²) in [5.74, 6) is 0.813. The number of aromatic nitrogens is 1. The van der Waals surface area contributed by atoms with E-state index in [1.165, 1.54) is 0 Å². The summed E-state index contributed by atoms with van der Waals surface area (Å²) in [5.41, 5.74) is 0.868. The molecule has 7 heteroatoms. The Morgan fingerprint density at radius 2 is 2.33 bits per heavy atom. The molecule has 0 radical (unpaired) electrons. The van der Waals surface area contributed by atoms with E-state index in [0.29, 0.717) is 12.6 Å². The number of aliphatic imine (C=N–C) groups is 1. The number of likely N-dealkylation sites (tertiary alicyclic amines) is 1. The lowest BCUT2D eigenvalue weighted by molar-refractivity contribution is 0.128. The summed E-state index contributed by atoms with van der Waals surface area (Å²) in [6.07, 6.45) is 3.81. The summed E-state index contributed by atoms with van der Waals surface area (Å²) in [4.78, 5) is 6.69. The van der Waals surface area contributed by atoms with Crippen LogP contribution in [0.2, 0.25) is 0 Å². The highest BCUT2D eigenvalue weighted by Gasteiger charge is 2.19. The molecule has 2 rings (SSSR count). The van der Waals surface area contributed by atoms with Gasteiger partial charge in [-0.1, -0.05) is 5.16 Å². The van der Waals surface area contributed by atoms with E-state index in [2.05, 4.69) is 25.7 Å². The molecule has 0 bridgehead atoms. The summed E-state index contributed by atoms with van der Waals surface area (Å²) >= 11 is 0. The van der Waals surface area contributed by atoms with Crippen LogP contribution >= 0.6 is 0 Å². The zero-order valence-electron chi connectivity index (χ0n) is 12.8. The van der Waals surface area contributed by atoms with Crippen molar-refractivity contribution in [2.24, 2.45) is 4.99 Å². The molecule has 21 heavy (non-hydrogen) atoms. The molecule has 7 nitrogen and oxygen atoms in total. The first-order valence-corrected chi connectivity index (χ1v) is 7.39. The van der Waals surface area contributed by atoms with Gasteiger partial charge in [-0.25, -0.2) is 0 Å². The van der Waals surface area contributed by atoms with Crippen LogP contribution in [0.5, 0.6) is 0 Å². The predicted octanol–water partition coefficient (Wildman–Crippen LogP) is 0.450. The lowest BCUT2D eigenvalue weighted by Gasteiger charge is -2.32. The molecule has 1 saturated heterocycles. The second kappa shape index (κ2) is 8.63. The SMILES string of the molecule is CN=C(NCc1ccon1)NC1CCN(CCOC)CC1. The zero-order chi connectivity index (χ0) is 14.9. The number of nitrogens with zero attached hydrogens (tertiary/aromatic N) is 3. The van der Waals surface area contributed by atoms with E-state index in [9.17, 15) is 0 Å². The first-order chi connectivity index (χ1) is 10.3. The minimum absolute atomic E-state index is 0.465. The Balaban J connectivity index is 1.68. The van der Waals surface area contributed by atoms with Crippen LogP contribution in [0.15, 0.2) is 21.8 Å². The number of ether oxygens (including phenoxy) is 1. The second-order valence-electron chi connectivity index (χ2n) is 5.17. The van der Waals surface area contributed by atoms with Gasteiger partial charge >= 0.3 is 0 Å². The van der Waals surface area contributed by atoms with Gasteiger partial charge in [0, 0.05) is 45.9 Å². The molecule has 0 atom stereocenters. The number of methoxy groups -OCH3 is 1. The highest BCUT2D eigenvalue weighted by molar-refractivity contribution is 5.79. The average Bonchev–Trinajstić information content (AvgIpc) is 3.04. The van der Waals surface area contributed by atoms with Crippen LogP contribution in [0.4, 0.5) is 0 Å². The highest BCUT2D eigenvalue weighted by Crippen LogP contribution is 2.09. The lowest BCUT2D eigenvalue weighted by atomic mass is 10.1. The summed E-state index contributed by atoms with van der Waals surface area (Å²) in [6, 6.07) is 2.31. The smallest absolute Gasteiger partial charge is 0.191 e. The largest absolute Gasteiger partial charge is 0.383 e. The molecule has 2 heterocycles. The minimum atomic E-state index is 0.465. The lowest BCUT2D eigenvalue weighted by Crippen LogP contribution is -2.48. The van der Waals surface area contributed by atoms with Crippen molar-refractivity contribution in [3.05, 3.63) is 18.0 Å². The van der Waals surface area contributed by atoms with Gasteiger partial charge in [-0.2, -0.15) is 0 Å². The molecule has 0 aliphatic carbocycles. The van der Waals surface area contributed by atoms with Crippen molar-refractivity contribution in [2.45, 2.75) is 25.4 Å². The second-order valence-corrected chi connectivity index (χ2v) is 5.17. The Labute approximate surface area is 125 Å². The third-order valence-electron chi connectivity index (χ3n) is 3.69. The third-order valence-corrected chi connectivity index (χ3v) is 3.69. The Bertz CT molecular complexity index is 413.